The van der Waals surface area contributed by atoms with Crippen LogP contribution in [0, 0.1) is 6.92 Å². The van der Waals surface area contributed by atoms with Crippen molar-refractivity contribution < 1.29 is 14.6 Å². The van der Waals surface area contributed by atoms with Crippen molar-refractivity contribution in [3.8, 4) is 5.75 Å². The average molecular weight is 421 g/mol. The van der Waals surface area contributed by atoms with Gasteiger partial charge in [0.1, 0.15) is 5.75 Å². The first-order chi connectivity index (χ1) is 14.6. The molecule has 1 atom stereocenters. The SMILES string of the molecule is COc1ccc(C(SCCCCC(=O)O)(c2ccccc2)c2ccc(C)cc2)cc1. The fourth-order valence-electron chi connectivity index (χ4n) is 3.64. The smallest absolute Gasteiger partial charge is 0.303 e. The Balaban J connectivity index is 2.07. The van der Waals surface area contributed by atoms with Crippen molar-refractivity contribution in [2.24, 2.45) is 0 Å². The molecule has 0 aliphatic heterocycles. The van der Waals surface area contributed by atoms with Gasteiger partial charge in [-0.25, -0.2) is 0 Å². The van der Waals surface area contributed by atoms with E-state index in [1.165, 1.54) is 22.3 Å². The molecular formula is C26H28O3S. The molecule has 1 unspecified atom stereocenters. The number of aryl methyl sites for hydroxylation is 1. The van der Waals surface area contributed by atoms with E-state index in [0.717, 1.165) is 17.9 Å². The van der Waals surface area contributed by atoms with Gasteiger partial charge in [-0.1, -0.05) is 72.3 Å². The van der Waals surface area contributed by atoms with Crippen LogP contribution in [0.15, 0.2) is 78.9 Å². The molecule has 0 radical (unpaired) electrons. The lowest BCUT2D eigenvalue weighted by Gasteiger charge is -2.35. The van der Waals surface area contributed by atoms with Gasteiger partial charge in [0.05, 0.1) is 11.9 Å². The maximum atomic E-state index is 10.9. The summed E-state index contributed by atoms with van der Waals surface area (Å²) in [6, 6.07) is 27.5. The van der Waals surface area contributed by atoms with E-state index in [1.807, 2.05) is 30.0 Å². The second kappa shape index (κ2) is 10.4. The number of rotatable bonds is 10. The van der Waals surface area contributed by atoms with Gasteiger partial charge in [0.15, 0.2) is 0 Å². The lowest BCUT2D eigenvalue weighted by atomic mass is 9.83. The van der Waals surface area contributed by atoms with Crippen LogP contribution >= 0.6 is 11.8 Å². The molecule has 3 nitrogen and oxygen atoms in total. The largest absolute Gasteiger partial charge is 0.497 e. The van der Waals surface area contributed by atoms with Crippen LogP contribution < -0.4 is 4.74 Å². The number of ether oxygens (including phenoxy) is 1. The van der Waals surface area contributed by atoms with Crippen LogP contribution in [-0.4, -0.2) is 23.9 Å². The summed E-state index contributed by atoms with van der Waals surface area (Å²) in [5.41, 5.74) is 4.83. The van der Waals surface area contributed by atoms with Gasteiger partial charge in [0.25, 0.3) is 0 Å². The summed E-state index contributed by atoms with van der Waals surface area (Å²) in [7, 11) is 1.68. The Kier molecular flexibility index (Phi) is 7.58. The number of unbranched alkanes of at least 4 members (excludes halogenated alkanes) is 1. The van der Waals surface area contributed by atoms with Gasteiger partial charge in [-0.15, -0.1) is 11.8 Å². The van der Waals surface area contributed by atoms with E-state index in [2.05, 4.69) is 67.6 Å². The summed E-state index contributed by atoms with van der Waals surface area (Å²) in [4.78, 5) is 10.9. The molecule has 0 aromatic heterocycles. The maximum Gasteiger partial charge on any atom is 0.303 e. The minimum absolute atomic E-state index is 0.214. The first kappa shape index (κ1) is 22.0. The molecule has 0 bridgehead atoms. The molecule has 0 saturated carbocycles. The molecule has 3 rings (SSSR count). The van der Waals surface area contributed by atoms with E-state index in [1.54, 1.807) is 7.11 Å². The average Bonchev–Trinajstić information content (AvgIpc) is 2.78. The van der Waals surface area contributed by atoms with Crippen LogP contribution in [-0.2, 0) is 9.54 Å². The summed E-state index contributed by atoms with van der Waals surface area (Å²) >= 11 is 1.87. The van der Waals surface area contributed by atoms with Crippen molar-refractivity contribution in [2.45, 2.75) is 30.9 Å². The third-order valence-corrected chi connectivity index (χ3v) is 6.87. The second-order valence-corrected chi connectivity index (χ2v) is 8.65. The fraction of sp³-hybridized carbons (Fsp3) is 0.269. The van der Waals surface area contributed by atoms with E-state index in [0.29, 0.717) is 6.42 Å². The number of hydrogen-bond acceptors (Lipinski definition) is 3. The summed E-state index contributed by atoms with van der Waals surface area (Å²) in [5.74, 6) is 0.960. The Morgan fingerprint density at radius 3 is 2.00 bits per heavy atom. The van der Waals surface area contributed by atoms with Gasteiger partial charge in [-0.3, -0.25) is 4.79 Å². The van der Waals surface area contributed by atoms with Crippen LogP contribution in [0.25, 0.3) is 0 Å². The zero-order valence-electron chi connectivity index (χ0n) is 17.5. The summed E-state index contributed by atoms with van der Waals surface area (Å²) in [6.07, 6.45) is 1.75. The number of methoxy groups -OCH3 is 1. The lowest BCUT2D eigenvalue weighted by molar-refractivity contribution is -0.137. The number of hydrogen-bond donors (Lipinski definition) is 1. The molecule has 3 aromatic carbocycles. The Morgan fingerprint density at radius 1 is 0.867 bits per heavy atom. The van der Waals surface area contributed by atoms with Crippen molar-refractivity contribution in [3.63, 3.8) is 0 Å². The van der Waals surface area contributed by atoms with Crippen LogP contribution in [0.1, 0.15) is 41.5 Å². The Morgan fingerprint density at radius 2 is 1.43 bits per heavy atom. The van der Waals surface area contributed by atoms with E-state index in [-0.39, 0.29) is 11.2 Å². The van der Waals surface area contributed by atoms with Crippen molar-refractivity contribution in [3.05, 3.63) is 101 Å². The van der Waals surface area contributed by atoms with Crippen molar-refractivity contribution in [2.75, 3.05) is 12.9 Å². The number of thioether (sulfide) groups is 1. The topological polar surface area (TPSA) is 46.5 Å². The first-order valence-electron chi connectivity index (χ1n) is 10.2. The third-order valence-electron chi connectivity index (χ3n) is 5.24. The van der Waals surface area contributed by atoms with E-state index < -0.39 is 5.97 Å². The van der Waals surface area contributed by atoms with Gasteiger partial charge in [0, 0.05) is 6.42 Å². The van der Waals surface area contributed by atoms with Gasteiger partial charge in [0.2, 0.25) is 0 Å². The standard InChI is InChI=1S/C26H28O3S/c1-20-11-13-22(14-12-20)26(21-8-4-3-5-9-21,30-19-7-6-10-25(27)28)23-15-17-24(29-2)18-16-23/h3-5,8-9,11-18H,6-7,10,19H2,1-2H3,(H,27,28). The first-order valence-corrected chi connectivity index (χ1v) is 11.2. The van der Waals surface area contributed by atoms with E-state index in [4.69, 9.17) is 9.84 Å². The fourth-order valence-corrected chi connectivity index (χ4v) is 5.20. The Labute approximate surface area is 183 Å². The van der Waals surface area contributed by atoms with Crippen molar-refractivity contribution in [1.29, 1.82) is 0 Å². The molecule has 156 valence electrons. The molecule has 3 aromatic rings. The van der Waals surface area contributed by atoms with Crippen molar-refractivity contribution in [1.82, 2.24) is 0 Å². The number of benzene rings is 3. The highest BCUT2D eigenvalue weighted by Crippen LogP contribution is 2.49. The molecular weight excluding hydrogens is 392 g/mol. The minimum atomic E-state index is -0.733. The van der Waals surface area contributed by atoms with Crippen LogP contribution in [0.2, 0.25) is 0 Å². The van der Waals surface area contributed by atoms with Gasteiger partial charge >= 0.3 is 5.97 Å². The third kappa shape index (κ3) is 5.06. The van der Waals surface area contributed by atoms with Crippen LogP contribution in [0.3, 0.4) is 0 Å². The number of carboxylic acid groups (broad SMARTS) is 1. The monoisotopic (exact) mass is 420 g/mol. The zero-order chi connectivity index (χ0) is 21.4. The molecule has 0 amide bonds. The lowest BCUT2D eigenvalue weighted by Crippen LogP contribution is -2.26. The predicted octanol–water partition coefficient (Wildman–Crippen LogP) is 6.28. The quantitative estimate of drug-likeness (QED) is 0.309. The molecule has 0 aliphatic rings. The molecule has 0 heterocycles. The Bertz CT molecular complexity index is 936. The summed E-state index contributed by atoms with van der Waals surface area (Å²) < 4.78 is 5.00. The molecule has 0 fully saturated rings. The number of carbonyl (C=O) groups is 1. The molecule has 30 heavy (non-hydrogen) atoms. The summed E-state index contributed by atoms with van der Waals surface area (Å²) in [6.45, 7) is 2.10. The molecule has 0 saturated heterocycles. The maximum absolute atomic E-state index is 10.9. The number of aliphatic carboxylic acids is 1. The van der Waals surface area contributed by atoms with Gasteiger partial charge in [-0.05, 0) is 54.3 Å². The minimum Gasteiger partial charge on any atom is -0.497 e. The zero-order valence-corrected chi connectivity index (χ0v) is 18.3. The molecule has 4 heteroatoms. The second-order valence-electron chi connectivity index (χ2n) is 7.34. The van der Waals surface area contributed by atoms with Crippen LogP contribution in [0.5, 0.6) is 5.75 Å². The van der Waals surface area contributed by atoms with Crippen LogP contribution in [0.4, 0.5) is 0 Å². The highest BCUT2D eigenvalue weighted by Gasteiger charge is 2.36. The van der Waals surface area contributed by atoms with Gasteiger partial charge in [-0.2, -0.15) is 0 Å². The number of carboxylic acids is 1. The normalized spacial score (nSPS) is 12.9. The highest BCUT2D eigenvalue weighted by molar-refractivity contribution is 8.00. The molecule has 0 spiro atoms. The Hall–Kier alpha value is -2.72. The highest BCUT2D eigenvalue weighted by atomic mass is 32.2. The summed E-state index contributed by atoms with van der Waals surface area (Å²) in [5, 5.41) is 8.96. The van der Waals surface area contributed by atoms with E-state index >= 15 is 0 Å². The molecule has 0 aliphatic carbocycles. The van der Waals surface area contributed by atoms with Gasteiger partial charge < -0.3 is 9.84 Å². The predicted molar refractivity (Wildman–Crippen MR) is 124 cm³/mol. The van der Waals surface area contributed by atoms with E-state index in [9.17, 15) is 4.79 Å². The van der Waals surface area contributed by atoms with Crippen molar-refractivity contribution >= 4 is 17.7 Å². The molecule has 1 N–H and O–H groups in total.